The molecule has 0 aliphatic carbocycles. The van der Waals surface area contributed by atoms with Gasteiger partial charge < -0.3 is 9.84 Å². The van der Waals surface area contributed by atoms with Gasteiger partial charge in [-0.2, -0.15) is 13.2 Å². The number of aliphatic hydroxyl groups is 1. The van der Waals surface area contributed by atoms with E-state index in [1.165, 1.54) is 31.6 Å². The van der Waals surface area contributed by atoms with E-state index in [1.807, 2.05) is 0 Å². The van der Waals surface area contributed by atoms with Gasteiger partial charge in [0.05, 0.1) is 24.5 Å². The molecule has 0 spiro atoms. The summed E-state index contributed by atoms with van der Waals surface area (Å²) in [6, 6.07) is 6.13. The van der Waals surface area contributed by atoms with Gasteiger partial charge in [-0.1, -0.05) is 12.1 Å². The molecule has 1 aromatic heterocycles. The van der Waals surface area contributed by atoms with E-state index in [-0.39, 0.29) is 12.0 Å². The molecule has 1 unspecified atom stereocenters. The lowest BCUT2D eigenvalue weighted by atomic mass is 10.0. The molecule has 0 fully saturated rings. The maximum Gasteiger partial charge on any atom is 0.416 e. The molecule has 1 N–H and O–H groups in total. The largest absolute Gasteiger partial charge is 0.481 e. The van der Waals surface area contributed by atoms with Crippen molar-refractivity contribution in [3.05, 3.63) is 53.5 Å². The average molecular weight is 298 g/mol. The highest BCUT2D eigenvalue weighted by Gasteiger charge is 2.30. The zero-order valence-electron chi connectivity index (χ0n) is 11.1. The summed E-state index contributed by atoms with van der Waals surface area (Å²) in [6.45, 7) is 0. The van der Waals surface area contributed by atoms with E-state index in [1.54, 1.807) is 0 Å². The maximum atomic E-state index is 12.6. The number of benzene rings is 1. The van der Waals surface area contributed by atoms with Gasteiger partial charge in [-0.25, -0.2) is 9.97 Å². The van der Waals surface area contributed by atoms with Crippen molar-refractivity contribution in [2.24, 2.45) is 0 Å². The summed E-state index contributed by atoms with van der Waals surface area (Å²) < 4.78 is 42.8. The van der Waals surface area contributed by atoms with Gasteiger partial charge in [0.25, 0.3) is 0 Å². The third-order valence-electron chi connectivity index (χ3n) is 2.91. The third kappa shape index (κ3) is 3.91. The zero-order valence-corrected chi connectivity index (χ0v) is 11.1. The first kappa shape index (κ1) is 15.2. The molecule has 7 heteroatoms. The monoisotopic (exact) mass is 298 g/mol. The number of methoxy groups -OCH3 is 1. The fourth-order valence-corrected chi connectivity index (χ4v) is 1.84. The van der Waals surface area contributed by atoms with Crippen LogP contribution in [0, 0.1) is 0 Å². The smallest absolute Gasteiger partial charge is 0.416 e. The lowest BCUT2D eigenvalue weighted by molar-refractivity contribution is -0.137. The number of hydrogen-bond donors (Lipinski definition) is 1. The van der Waals surface area contributed by atoms with Crippen LogP contribution in [0.1, 0.15) is 22.9 Å². The van der Waals surface area contributed by atoms with Crippen LogP contribution in [0.15, 0.2) is 36.7 Å². The first-order chi connectivity index (χ1) is 9.90. The molecule has 0 bridgehead atoms. The van der Waals surface area contributed by atoms with Crippen LogP contribution in [0.5, 0.6) is 5.88 Å². The van der Waals surface area contributed by atoms with E-state index >= 15 is 0 Å². The number of aliphatic hydroxyl groups excluding tert-OH is 1. The molecule has 112 valence electrons. The van der Waals surface area contributed by atoms with E-state index in [0.29, 0.717) is 11.6 Å². The van der Waals surface area contributed by atoms with Crippen LogP contribution in [0.4, 0.5) is 13.2 Å². The van der Waals surface area contributed by atoms with Gasteiger partial charge >= 0.3 is 6.18 Å². The molecule has 2 aromatic rings. The van der Waals surface area contributed by atoms with E-state index in [4.69, 9.17) is 4.74 Å². The Balaban J connectivity index is 2.18. The van der Waals surface area contributed by atoms with Crippen molar-refractivity contribution >= 4 is 0 Å². The van der Waals surface area contributed by atoms with Crippen molar-refractivity contribution in [2.45, 2.75) is 18.7 Å². The lowest BCUT2D eigenvalue weighted by Gasteiger charge is -2.13. The Hall–Kier alpha value is -2.15. The van der Waals surface area contributed by atoms with Gasteiger partial charge in [0.15, 0.2) is 0 Å². The summed E-state index contributed by atoms with van der Waals surface area (Å²) in [4.78, 5) is 7.77. The first-order valence-corrected chi connectivity index (χ1v) is 6.10. The molecule has 1 aromatic carbocycles. The van der Waals surface area contributed by atoms with Gasteiger partial charge in [-0.05, 0) is 17.7 Å². The molecule has 1 atom stereocenters. The maximum absolute atomic E-state index is 12.6. The third-order valence-corrected chi connectivity index (χ3v) is 2.91. The van der Waals surface area contributed by atoms with Gasteiger partial charge in [-0.15, -0.1) is 0 Å². The van der Waals surface area contributed by atoms with Gasteiger partial charge in [0, 0.05) is 12.5 Å². The summed E-state index contributed by atoms with van der Waals surface area (Å²) in [7, 11) is 1.44. The molecule has 0 aliphatic rings. The SMILES string of the molecule is COc1cc(CC(O)c2cccc(C(F)(F)F)c2)ncn1. The van der Waals surface area contributed by atoms with E-state index in [2.05, 4.69) is 9.97 Å². The molecule has 0 radical (unpaired) electrons. The second-order valence-electron chi connectivity index (χ2n) is 4.39. The molecule has 0 aliphatic heterocycles. The first-order valence-electron chi connectivity index (χ1n) is 6.10. The van der Waals surface area contributed by atoms with Crippen LogP contribution in [0.3, 0.4) is 0 Å². The van der Waals surface area contributed by atoms with Gasteiger partial charge in [0.2, 0.25) is 5.88 Å². The minimum Gasteiger partial charge on any atom is -0.481 e. The molecule has 4 nitrogen and oxygen atoms in total. The Morgan fingerprint density at radius 3 is 2.67 bits per heavy atom. The highest BCUT2D eigenvalue weighted by Crippen LogP contribution is 2.31. The Morgan fingerprint density at radius 2 is 2.00 bits per heavy atom. The zero-order chi connectivity index (χ0) is 15.5. The van der Waals surface area contributed by atoms with Crippen molar-refractivity contribution in [3.8, 4) is 5.88 Å². The minimum absolute atomic E-state index is 0.0696. The number of nitrogens with zero attached hydrogens (tertiary/aromatic N) is 2. The number of alkyl halides is 3. The summed E-state index contributed by atoms with van der Waals surface area (Å²) in [6.07, 6.45) is -4.19. The van der Waals surface area contributed by atoms with Crippen molar-refractivity contribution in [2.75, 3.05) is 7.11 Å². The van der Waals surface area contributed by atoms with Crippen molar-refractivity contribution in [3.63, 3.8) is 0 Å². The molecule has 2 rings (SSSR count). The van der Waals surface area contributed by atoms with Crippen molar-refractivity contribution in [1.82, 2.24) is 9.97 Å². The Kier molecular flexibility index (Phi) is 4.42. The van der Waals surface area contributed by atoms with Gasteiger partial charge in [0.1, 0.15) is 6.33 Å². The van der Waals surface area contributed by atoms with Crippen LogP contribution < -0.4 is 4.74 Å². The molecule has 21 heavy (non-hydrogen) atoms. The van der Waals surface area contributed by atoms with Crippen LogP contribution in [0.25, 0.3) is 0 Å². The van der Waals surface area contributed by atoms with Crippen LogP contribution in [-0.2, 0) is 12.6 Å². The Labute approximate surface area is 119 Å². The van der Waals surface area contributed by atoms with Gasteiger partial charge in [-0.3, -0.25) is 0 Å². The predicted octanol–water partition coefficient (Wildman–Crippen LogP) is 2.78. The molecular weight excluding hydrogens is 285 g/mol. The normalized spacial score (nSPS) is 13.0. The second kappa shape index (κ2) is 6.09. The molecule has 0 saturated carbocycles. The molecular formula is C14H13F3N2O2. The summed E-state index contributed by atoms with van der Waals surface area (Å²) in [5.74, 6) is 0.330. The standard InChI is InChI=1S/C14H13F3N2O2/c1-21-13-7-11(18-8-19-13)6-12(20)9-3-2-4-10(5-9)14(15,16)17/h2-5,7-8,12,20H,6H2,1H3. The second-order valence-corrected chi connectivity index (χ2v) is 4.39. The number of halogens is 3. The minimum atomic E-state index is -4.44. The number of ether oxygens (including phenoxy) is 1. The molecule has 0 amide bonds. The van der Waals surface area contributed by atoms with E-state index < -0.39 is 17.8 Å². The summed E-state index contributed by atoms with van der Waals surface area (Å²) in [5.41, 5.74) is -0.131. The number of aromatic nitrogens is 2. The topological polar surface area (TPSA) is 55.2 Å². The lowest BCUT2D eigenvalue weighted by Crippen LogP contribution is -2.08. The fraction of sp³-hybridized carbons (Fsp3) is 0.286. The highest BCUT2D eigenvalue weighted by atomic mass is 19.4. The van der Waals surface area contributed by atoms with E-state index in [0.717, 1.165) is 12.1 Å². The Morgan fingerprint density at radius 1 is 1.24 bits per heavy atom. The van der Waals surface area contributed by atoms with Crippen LogP contribution in [-0.4, -0.2) is 22.2 Å². The quantitative estimate of drug-likeness (QED) is 0.943. The number of rotatable bonds is 4. The summed E-state index contributed by atoms with van der Waals surface area (Å²) in [5, 5.41) is 10.1. The Bertz CT molecular complexity index is 617. The van der Waals surface area contributed by atoms with Crippen molar-refractivity contribution in [1.29, 1.82) is 0 Å². The van der Waals surface area contributed by atoms with Crippen LogP contribution >= 0.6 is 0 Å². The highest BCUT2D eigenvalue weighted by molar-refractivity contribution is 5.28. The van der Waals surface area contributed by atoms with Crippen molar-refractivity contribution < 1.29 is 23.0 Å². The van der Waals surface area contributed by atoms with E-state index in [9.17, 15) is 18.3 Å². The average Bonchev–Trinajstić information content (AvgIpc) is 2.46. The van der Waals surface area contributed by atoms with Crippen LogP contribution in [0.2, 0.25) is 0 Å². The molecule has 1 heterocycles. The summed E-state index contributed by atoms with van der Waals surface area (Å²) >= 11 is 0. The predicted molar refractivity (Wildman–Crippen MR) is 68.7 cm³/mol. The molecule has 0 saturated heterocycles. The fourth-order valence-electron chi connectivity index (χ4n) is 1.84. The number of hydrogen-bond acceptors (Lipinski definition) is 4.